The second kappa shape index (κ2) is 10.7. The van der Waals surface area contributed by atoms with Crippen LogP contribution >= 0.6 is 12.4 Å². The summed E-state index contributed by atoms with van der Waals surface area (Å²) in [5.41, 5.74) is 5.81. The van der Waals surface area contributed by atoms with E-state index in [2.05, 4.69) is 41.1 Å². The number of carbonyl (C=O) groups excluding carboxylic acids is 1. The smallest absolute Gasteiger partial charge is 0.270 e. The number of fused-ring (bicyclic) bond motifs is 2. The number of likely N-dealkylation sites (tertiary alicyclic amines) is 1. The molecule has 1 aromatic carbocycles. The Kier molecular flexibility index (Phi) is 7.86. The van der Waals surface area contributed by atoms with E-state index < -0.39 is 0 Å². The molecule has 194 valence electrons. The number of amides is 1. The van der Waals surface area contributed by atoms with Crippen molar-refractivity contribution in [3.8, 4) is 5.75 Å². The minimum absolute atomic E-state index is 0. The fourth-order valence-electron chi connectivity index (χ4n) is 6.38. The zero-order valence-electron chi connectivity index (χ0n) is 21.8. The number of ether oxygens (including phenoxy) is 1. The van der Waals surface area contributed by atoms with Gasteiger partial charge in [0.25, 0.3) is 5.91 Å². The number of benzene rings is 1. The maximum atomic E-state index is 13.3. The summed E-state index contributed by atoms with van der Waals surface area (Å²) in [4.78, 5) is 21.3. The molecule has 2 atom stereocenters. The first-order valence-corrected chi connectivity index (χ1v) is 12.9. The highest BCUT2D eigenvalue weighted by Crippen LogP contribution is 2.49. The monoisotopic (exact) mass is 511 g/mol. The van der Waals surface area contributed by atoms with Gasteiger partial charge in [0.15, 0.2) is 0 Å². The van der Waals surface area contributed by atoms with Gasteiger partial charge in [0.05, 0.1) is 19.9 Å². The van der Waals surface area contributed by atoms with Crippen LogP contribution in [-0.2, 0) is 24.8 Å². The van der Waals surface area contributed by atoms with E-state index in [9.17, 15) is 4.79 Å². The Hall–Kier alpha value is -2.70. The van der Waals surface area contributed by atoms with Gasteiger partial charge in [-0.25, -0.2) is 0 Å². The standard InChI is InChI=1S/C29H37N3O3.ClH/c1-5-32(6-2)28(33)27-20(3)25-16-22-18-31(19-24-11-8-14-35-24)13-12-29(22,17-26(25)30-27)21-9-7-10-23(15-21)34-4;/h7-11,14-15,22,30H,5-6,12-13,16-19H2,1-4H3;1H/t22-,29+;/m0./s1. The number of halogens is 1. The zero-order chi connectivity index (χ0) is 24.6. The van der Waals surface area contributed by atoms with Gasteiger partial charge in [0, 0.05) is 30.7 Å². The summed E-state index contributed by atoms with van der Waals surface area (Å²) in [6.45, 7) is 10.5. The number of methoxy groups -OCH3 is 1. The summed E-state index contributed by atoms with van der Waals surface area (Å²) in [5, 5.41) is 0. The van der Waals surface area contributed by atoms with Gasteiger partial charge in [-0.15, -0.1) is 12.4 Å². The van der Waals surface area contributed by atoms with Gasteiger partial charge in [-0.2, -0.15) is 0 Å². The summed E-state index contributed by atoms with van der Waals surface area (Å²) in [6, 6.07) is 12.6. The van der Waals surface area contributed by atoms with Crippen LogP contribution in [0.1, 0.15) is 58.9 Å². The Bertz CT molecular complexity index is 1180. The molecule has 1 aliphatic carbocycles. The number of nitrogens with zero attached hydrogens (tertiary/aromatic N) is 2. The second-order valence-electron chi connectivity index (χ2n) is 10.1. The van der Waals surface area contributed by atoms with E-state index in [-0.39, 0.29) is 23.7 Å². The average molecular weight is 512 g/mol. The second-order valence-corrected chi connectivity index (χ2v) is 10.1. The van der Waals surface area contributed by atoms with Crippen molar-refractivity contribution in [1.82, 2.24) is 14.8 Å². The average Bonchev–Trinajstić information content (AvgIpc) is 3.51. The number of nitrogens with one attached hydrogen (secondary N) is 1. The maximum Gasteiger partial charge on any atom is 0.270 e. The first-order chi connectivity index (χ1) is 17.0. The van der Waals surface area contributed by atoms with Crippen LogP contribution in [0, 0.1) is 12.8 Å². The minimum atomic E-state index is 0. The van der Waals surface area contributed by atoms with E-state index in [1.807, 2.05) is 30.9 Å². The van der Waals surface area contributed by atoms with Crippen molar-refractivity contribution in [2.24, 2.45) is 5.92 Å². The number of hydrogen-bond donors (Lipinski definition) is 1. The predicted molar refractivity (Wildman–Crippen MR) is 144 cm³/mol. The van der Waals surface area contributed by atoms with Crippen LogP contribution in [-0.4, -0.2) is 54.0 Å². The number of carbonyl (C=O) groups is 1. The number of aromatic amines is 1. The molecule has 7 heteroatoms. The quantitative estimate of drug-likeness (QED) is 0.462. The molecule has 0 radical (unpaired) electrons. The van der Waals surface area contributed by atoms with Crippen LogP contribution in [0.2, 0.25) is 0 Å². The van der Waals surface area contributed by atoms with E-state index in [1.165, 1.54) is 16.8 Å². The highest BCUT2D eigenvalue weighted by atomic mass is 35.5. The van der Waals surface area contributed by atoms with E-state index in [4.69, 9.17) is 9.15 Å². The van der Waals surface area contributed by atoms with Crippen LogP contribution < -0.4 is 4.74 Å². The Morgan fingerprint density at radius 1 is 1.25 bits per heavy atom. The number of H-pyrrole nitrogens is 1. The highest BCUT2D eigenvalue weighted by molar-refractivity contribution is 5.94. The largest absolute Gasteiger partial charge is 0.497 e. The van der Waals surface area contributed by atoms with Crippen molar-refractivity contribution < 1.29 is 13.9 Å². The van der Waals surface area contributed by atoms with Crippen molar-refractivity contribution >= 4 is 18.3 Å². The number of aromatic nitrogens is 1. The number of rotatable bonds is 7. The van der Waals surface area contributed by atoms with Crippen molar-refractivity contribution in [2.75, 3.05) is 33.3 Å². The van der Waals surface area contributed by atoms with Crippen LogP contribution in [0.4, 0.5) is 0 Å². The van der Waals surface area contributed by atoms with E-state index in [0.717, 1.165) is 74.8 Å². The molecule has 3 aromatic rings. The molecule has 2 aromatic heterocycles. The molecule has 0 unspecified atom stereocenters. The Balaban J connectivity index is 0.00000304. The van der Waals surface area contributed by atoms with Gasteiger partial charge in [0.2, 0.25) is 0 Å². The summed E-state index contributed by atoms with van der Waals surface area (Å²) >= 11 is 0. The topological polar surface area (TPSA) is 61.7 Å². The summed E-state index contributed by atoms with van der Waals surface area (Å²) in [5.74, 6) is 2.47. The van der Waals surface area contributed by atoms with Crippen LogP contribution in [0.5, 0.6) is 5.75 Å². The molecule has 1 aliphatic heterocycles. The zero-order valence-corrected chi connectivity index (χ0v) is 22.6. The summed E-state index contributed by atoms with van der Waals surface area (Å²) < 4.78 is 11.3. The van der Waals surface area contributed by atoms with Gasteiger partial charge in [0.1, 0.15) is 17.2 Å². The molecule has 36 heavy (non-hydrogen) atoms. The first kappa shape index (κ1) is 26.4. The molecule has 2 aliphatic rings. The van der Waals surface area contributed by atoms with Crippen molar-refractivity contribution in [1.29, 1.82) is 0 Å². The van der Waals surface area contributed by atoms with Gasteiger partial charge in [-0.3, -0.25) is 9.69 Å². The van der Waals surface area contributed by atoms with Gasteiger partial charge in [-0.1, -0.05) is 12.1 Å². The minimum Gasteiger partial charge on any atom is -0.497 e. The molecule has 5 rings (SSSR count). The Morgan fingerprint density at radius 3 is 2.75 bits per heavy atom. The molecule has 3 heterocycles. The van der Waals surface area contributed by atoms with Crippen LogP contribution in [0.15, 0.2) is 47.1 Å². The molecule has 1 fully saturated rings. The molecule has 1 saturated heterocycles. The maximum absolute atomic E-state index is 13.3. The first-order valence-electron chi connectivity index (χ1n) is 12.9. The fourth-order valence-corrected chi connectivity index (χ4v) is 6.38. The SMILES string of the molecule is CCN(CC)C(=O)c1[nH]c2c(c1C)C[C@H]1CN(Cc3ccco3)CC[C@]1(c1cccc(OC)c1)C2.Cl. The molecule has 1 N–H and O–H groups in total. The van der Waals surface area contributed by atoms with Crippen LogP contribution in [0.3, 0.4) is 0 Å². The lowest BCUT2D eigenvalue weighted by Crippen LogP contribution is -2.53. The van der Waals surface area contributed by atoms with E-state index in [1.54, 1.807) is 13.4 Å². The van der Waals surface area contributed by atoms with Crippen molar-refractivity contribution in [2.45, 2.75) is 52.0 Å². The van der Waals surface area contributed by atoms with Gasteiger partial charge < -0.3 is 19.0 Å². The molecule has 1 amide bonds. The molecule has 6 nitrogen and oxygen atoms in total. The molecular weight excluding hydrogens is 474 g/mol. The molecule has 0 saturated carbocycles. The summed E-state index contributed by atoms with van der Waals surface area (Å²) in [7, 11) is 1.73. The molecular formula is C29H38ClN3O3. The lowest BCUT2D eigenvalue weighted by Gasteiger charge is -2.51. The highest BCUT2D eigenvalue weighted by Gasteiger charge is 2.48. The Labute approximate surface area is 220 Å². The number of hydrogen-bond acceptors (Lipinski definition) is 4. The third-order valence-corrected chi connectivity index (χ3v) is 8.41. The van der Waals surface area contributed by atoms with Crippen molar-refractivity contribution in [3.05, 3.63) is 76.5 Å². The van der Waals surface area contributed by atoms with E-state index >= 15 is 0 Å². The lowest BCUT2D eigenvalue weighted by atomic mass is 9.58. The van der Waals surface area contributed by atoms with Crippen LogP contribution in [0.25, 0.3) is 0 Å². The summed E-state index contributed by atoms with van der Waals surface area (Å²) in [6.07, 6.45) is 4.70. The number of piperidine rings is 1. The number of furan rings is 1. The molecule has 0 spiro atoms. The third kappa shape index (κ3) is 4.57. The third-order valence-electron chi connectivity index (χ3n) is 8.41. The van der Waals surface area contributed by atoms with E-state index in [0.29, 0.717) is 5.92 Å². The lowest BCUT2D eigenvalue weighted by molar-refractivity contribution is 0.0715. The Morgan fingerprint density at radius 2 is 2.06 bits per heavy atom. The normalized spacial score (nSPS) is 21.3. The fraction of sp³-hybridized carbons (Fsp3) is 0.483. The van der Waals surface area contributed by atoms with Gasteiger partial charge >= 0.3 is 0 Å². The predicted octanol–water partition coefficient (Wildman–Crippen LogP) is 5.39. The van der Waals surface area contributed by atoms with Gasteiger partial charge in [-0.05, 0) is 93.5 Å². The van der Waals surface area contributed by atoms with Crippen molar-refractivity contribution in [3.63, 3.8) is 0 Å². The molecule has 0 bridgehead atoms.